The fourth-order valence-electron chi connectivity index (χ4n) is 0.374. The minimum absolute atomic E-state index is 0.625. The Bertz CT molecular complexity index is 189. The van der Waals surface area contributed by atoms with Crippen LogP contribution in [0.15, 0.2) is 18.6 Å². The zero-order valence-corrected chi connectivity index (χ0v) is 8.61. The van der Waals surface area contributed by atoms with E-state index in [4.69, 9.17) is 4.79 Å². The highest BCUT2D eigenvalue weighted by Crippen LogP contribution is 1.81. The fraction of sp³-hybridized carbons (Fsp3) is 0.444. The topological polar surface area (TPSA) is 54.9 Å². The standard InChI is InChI=1S/C5H6N2.C2H5NO.C2H6/c1-5-4-6-2-3-7-5;1-3-2-4;1-2/h2-4H,1H3;2H,1H3,(H,3,4);1-2H3. The summed E-state index contributed by atoms with van der Waals surface area (Å²) < 4.78 is 0. The molecule has 1 rings (SSSR count). The molecule has 0 bridgehead atoms. The number of aromatic nitrogens is 2. The SMILES string of the molecule is CC.CNC=O.Cc1cnccn1. The minimum atomic E-state index is 0.625. The van der Waals surface area contributed by atoms with Gasteiger partial charge in [-0.15, -0.1) is 0 Å². The van der Waals surface area contributed by atoms with E-state index < -0.39 is 0 Å². The van der Waals surface area contributed by atoms with Gasteiger partial charge in [-0.3, -0.25) is 14.8 Å². The first-order valence-corrected chi connectivity index (χ1v) is 4.14. The molecule has 0 atom stereocenters. The quantitative estimate of drug-likeness (QED) is 0.665. The summed E-state index contributed by atoms with van der Waals surface area (Å²) in [6.07, 6.45) is 5.68. The molecule has 13 heavy (non-hydrogen) atoms. The second-order valence-corrected chi connectivity index (χ2v) is 1.75. The molecule has 1 amide bonds. The molecule has 0 saturated carbocycles. The summed E-state index contributed by atoms with van der Waals surface area (Å²) in [6, 6.07) is 0. The molecule has 0 fully saturated rings. The Morgan fingerprint density at radius 1 is 1.38 bits per heavy atom. The second-order valence-electron chi connectivity index (χ2n) is 1.75. The zero-order valence-electron chi connectivity index (χ0n) is 8.61. The zero-order chi connectivity index (χ0) is 10.5. The lowest BCUT2D eigenvalue weighted by molar-refractivity contribution is -0.109. The van der Waals surface area contributed by atoms with Crippen LogP contribution in [0.3, 0.4) is 0 Å². The number of nitrogens with zero attached hydrogens (tertiary/aromatic N) is 2. The molecule has 0 unspecified atom stereocenters. The van der Waals surface area contributed by atoms with Gasteiger partial charge >= 0.3 is 0 Å². The highest BCUT2D eigenvalue weighted by molar-refractivity contribution is 5.44. The maximum atomic E-state index is 9.06. The molecule has 0 aliphatic carbocycles. The molecule has 4 heteroatoms. The van der Waals surface area contributed by atoms with Crippen LogP contribution in [0.5, 0.6) is 0 Å². The Morgan fingerprint density at radius 2 is 1.92 bits per heavy atom. The summed E-state index contributed by atoms with van der Waals surface area (Å²) in [7, 11) is 1.56. The molecule has 1 aromatic rings. The largest absolute Gasteiger partial charge is 0.362 e. The van der Waals surface area contributed by atoms with Gasteiger partial charge in [0, 0.05) is 25.6 Å². The molecule has 74 valence electrons. The number of nitrogens with one attached hydrogen (secondary N) is 1. The van der Waals surface area contributed by atoms with Crippen LogP contribution in [-0.4, -0.2) is 23.4 Å². The van der Waals surface area contributed by atoms with Crippen molar-refractivity contribution in [2.75, 3.05) is 7.05 Å². The van der Waals surface area contributed by atoms with E-state index in [9.17, 15) is 0 Å². The maximum Gasteiger partial charge on any atom is 0.206 e. The normalized spacial score (nSPS) is 6.77. The lowest BCUT2D eigenvalue weighted by atomic mass is 10.5. The highest BCUT2D eigenvalue weighted by atomic mass is 16.1. The summed E-state index contributed by atoms with van der Waals surface area (Å²) in [5.74, 6) is 0. The summed E-state index contributed by atoms with van der Waals surface area (Å²) in [5.41, 5.74) is 0.961. The van der Waals surface area contributed by atoms with E-state index in [1.54, 1.807) is 25.6 Å². The van der Waals surface area contributed by atoms with Crippen molar-refractivity contribution in [3.05, 3.63) is 24.3 Å². The molecule has 0 radical (unpaired) electrons. The summed E-state index contributed by atoms with van der Waals surface area (Å²) >= 11 is 0. The molecule has 1 heterocycles. The van der Waals surface area contributed by atoms with Crippen molar-refractivity contribution in [2.45, 2.75) is 20.8 Å². The van der Waals surface area contributed by atoms with E-state index in [0.29, 0.717) is 6.41 Å². The lowest BCUT2D eigenvalue weighted by Crippen LogP contribution is -1.98. The van der Waals surface area contributed by atoms with Gasteiger partial charge in [0.15, 0.2) is 0 Å². The van der Waals surface area contributed by atoms with Crippen molar-refractivity contribution < 1.29 is 4.79 Å². The third kappa shape index (κ3) is 13.5. The number of amides is 1. The Kier molecular flexibility index (Phi) is 14.3. The molecule has 0 saturated heterocycles. The van der Waals surface area contributed by atoms with Gasteiger partial charge in [0.2, 0.25) is 6.41 Å². The number of aryl methyl sites for hydroxylation is 1. The average Bonchev–Trinajstić information content (AvgIpc) is 2.22. The van der Waals surface area contributed by atoms with Gasteiger partial charge in [-0.1, -0.05) is 13.8 Å². The van der Waals surface area contributed by atoms with Gasteiger partial charge < -0.3 is 5.32 Å². The predicted molar refractivity (Wildman–Crippen MR) is 53.2 cm³/mol. The first-order valence-electron chi connectivity index (χ1n) is 4.14. The molecular formula is C9H17N3O. The summed E-state index contributed by atoms with van der Waals surface area (Å²) in [4.78, 5) is 16.8. The van der Waals surface area contributed by atoms with Crippen LogP contribution in [-0.2, 0) is 4.79 Å². The maximum absolute atomic E-state index is 9.06. The second kappa shape index (κ2) is 13.2. The Hall–Kier alpha value is -1.45. The molecule has 1 N–H and O–H groups in total. The number of carbonyl (C=O) groups is 1. The number of rotatable bonds is 1. The minimum Gasteiger partial charge on any atom is -0.362 e. The Balaban J connectivity index is 0. The van der Waals surface area contributed by atoms with Crippen LogP contribution in [0.25, 0.3) is 0 Å². The van der Waals surface area contributed by atoms with E-state index in [1.807, 2.05) is 20.8 Å². The van der Waals surface area contributed by atoms with E-state index >= 15 is 0 Å². The smallest absolute Gasteiger partial charge is 0.206 e. The van der Waals surface area contributed by atoms with Gasteiger partial charge in [-0.05, 0) is 6.92 Å². The Labute approximate surface area is 79.4 Å². The van der Waals surface area contributed by atoms with Crippen molar-refractivity contribution in [2.24, 2.45) is 0 Å². The van der Waals surface area contributed by atoms with Gasteiger partial charge in [-0.25, -0.2) is 0 Å². The Morgan fingerprint density at radius 3 is 2.08 bits per heavy atom. The first kappa shape index (κ1) is 14.1. The number of hydrogen-bond donors (Lipinski definition) is 1. The summed E-state index contributed by atoms with van der Waals surface area (Å²) in [6.45, 7) is 5.91. The van der Waals surface area contributed by atoms with Gasteiger partial charge in [0.05, 0.1) is 5.69 Å². The van der Waals surface area contributed by atoms with E-state index in [-0.39, 0.29) is 0 Å². The average molecular weight is 183 g/mol. The highest BCUT2D eigenvalue weighted by Gasteiger charge is 1.74. The van der Waals surface area contributed by atoms with E-state index in [0.717, 1.165) is 5.69 Å². The van der Waals surface area contributed by atoms with Crippen LogP contribution < -0.4 is 5.32 Å². The number of carbonyl (C=O) groups excluding carboxylic acids is 1. The number of hydrogen-bond acceptors (Lipinski definition) is 3. The van der Waals surface area contributed by atoms with Crippen molar-refractivity contribution in [1.29, 1.82) is 0 Å². The molecule has 0 aromatic carbocycles. The fourth-order valence-corrected chi connectivity index (χ4v) is 0.374. The van der Waals surface area contributed by atoms with Crippen LogP contribution >= 0.6 is 0 Å². The summed E-state index contributed by atoms with van der Waals surface area (Å²) in [5, 5.41) is 2.25. The van der Waals surface area contributed by atoms with Crippen molar-refractivity contribution in [3.63, 3.8) is 0 Å². The van der Waals surface area contributed by atoms with E-state index in [2.05, 4.69) is 15.3 Å². The molecule has 0 aliphatic rings. The molecule has 0 aliphatic heterocycles. The lowest BCUT2D eigenvalue weighted by Gasteiger charge is -1.81. The third-order valence-corrected chi connectivity index (χ3v) is 0.810. The van der Waals surface area contributed by atoms with Gasteiger partial charge in [0.25, 0.3) is 0 Å². The molecule has 4 nitrogen and oxygen atoms in total. The van der Waals surface area contributed by atoms with Crippen molar-refractivity contribution in [3.8, 4) is 0 Å². The van der Waals surface area contributed by atoms with Crippen molar-refractivity contribution in [1.82, 2.24) is 15.3 Å². The first-order chi connectivity index (χ1) is 6.31. The van der Waals surface area contributed by atoms with Gasteiger partial charge in [-0.2, -0.15) is 0 Å². The van der Waals surface area contributed by atoms with Crippen LogP contribution in [0.2, 0.25) is 0 Å². The monoisotopic (exact) mass is 183 g/mol. The van der Waals surface area contributed by atoms with Crippen LogP contribution in [0, 0.1) is 6.92 Å². The van der Waals surface area contributed by atoms with E-state index in [1.165, 1.54) is 0 Å². The van der Waals surface area contributed by atoms with Crippen LogP contribution in [0.1, 0.15) is 19.5 Å². The molecule has 0 spiro atoms. The molecule has 1 aromatic heterocycles. The van der Waals surface area contributed by atoms with Crippen LogP contribution in [0.4, 0.5) is 0 Å². The molecular weight excluding hydrogens is 166 g/mol. The van der Waals surface area contributed by atoms with Gasteiger partial charge in [0.1, 0.15) is 0 Å². The third-order valence-electron chi connectivity index (χ3n) is 0.810. The predicted octanol–water partition coefficient (Wildman–Crippen LogP) is 1.17. The van der Waals surface area contributed by atoms with Crippen molar-refractivity contribution >= 4 is 6.41 Å².